The molecule has 170 valence electrons. The van der Waals surface area contributed by atoms with Crippen LogP contribution in [0.5, 0.6) is 5.75 Å². The second-order valence-electron chi connectivity index (χ2n) is 8.41. The summed E-state index contributed by atoms with van der Waals surface area (Å²) in [5, 5.41) is 5.56. The van der Waals surface area contributed by atoms with E-state index in [-0.39, 0.29) is 5.91 Å². The van der Waals surface area contributed by atoms with Crippen LogP contribution < -0.4 is 10.5 Å². The fraction of sp³-hybridized carbons (Fsp3) is 0.292. The Balaban J connectivity index is 1.70. The zero-order valence-electron chi connectivity index (χ0n) is 19.0. The number of anilines is 1. The van der Waals surface area contributed by atoms with Gasteiger partial charge in [0, 0.05) is 23.7 Å². The maximum Gasteiger partial charge on any atom is 0.258 e. The number of pyridine rings is 1. The van der Waals surface area contributed by atoms with Crippen LogP contribution in [0, 0.1) is 20.8 Å². The molecule has 1 aliphatic heterocycles. The number of hydrogen-bond acceptors (Lipinski definition) is 5. The number of amides is 1. The van der Waals surface area contributed by atoms with Crippen LogP contribution in [0.25, 0.3) is 16.7 Å². The molecule has 0 spiro atoms. The van der Waals surface area contributed by atoms with Crippen LogP contribution in [-0.2, 0) is 13.1 Å². The molecule has 1 aliphatic rings. The summed E-state index contributed by atoms with van der Waals surface area (Å²) in [5.41, 5.74) is 12.4. The lowest BCUT2D eigenvalue weighted by molar-refractivity contribution is 0.0709. The smallest absolute Gasteiger partial charge is 0.258 e. The summed E-state index contributed by atoms with van der Waals surface area (Å²) >= 11 is 6.30. The van der Waals surface area contributed by atoms with E-state index >= 15 is 0 Å². The fourth-order valence-corrected chi connectivity index (χ4v) is 4.89. The van der Waals surface area contributed by atoms with Gasteiger partial charge in [0.05, 0.1) is 47.9 Å². The number of carbonyl (C=O) groups is 1. The number of benzene rings is 1. The van der Waals surface area contributed by atoms with Gasteiger partial charge >= 0.3 is 0 Å². The molecule has 0 bridgehead atoms. The van der Waals surface area contributed by atoms with Crippen molar-refractivity contribution in [1.82, 2.24) is 24.2 Å². The first-order valence-electron chi connectivity index (χ1n) is 10.7. The molecule has 3 aromatic heterocycles. The highest BCUT2D eigenvalue weighted by atomic mass is 35.5. The fourth-order valence-electron chi connectivity index (χ4n) is 4.73. The van der Waals surface area contributed by atoms with Crippen molar-refractivity contribution >= 4 is 34.4 Å². The van der Waals surface area contributed by atoms with E-state index in [1.165, 1.54) is 0 Å². The first-order valence-corrected chi connectivity index (χ1v) is 11.1. The van der Waals surface area contributed by atoms with E-state index < -0.39 is 0 Å². The number of hydrogen-bond donors (Lipinski definition) is 1. The molecule has 0 aliphatic carbocycles. The van der Waals surface area contributed by atoms with E-state index in [2.05, 4.69) is 10.1 Å². The lowest BCUT2D eigenvalue weighted by Crippen LogP contribution is -2.38. The number of rotatable bonds is 3. The van der Waals surface area contributed by atoms with E-state index in [9.17, 15) is 4.79 Å². The Kier molecular flexibility index (Phi) is 5.05. The molecule has 5 rings (SSSR count). The van der Waals surface area contributed by atoms with Crippen molar-refractivity contribution in [3.8, 4) is 11.4 Å². The molecule has 2 N–H and O–H groups in total. The molecule has 0 saturated heterocycles. The van der Waals surface area contributed by atoms with Gasteiger partial charge in [0.25, 0.3) is 5.91 Å². The van der Waals surface area contributed by atoms with Crippen LogP contribution in [0.1, 0.15) is 32.9 Å². The highest BCUT2D eigenvalue weighted by Crippen LogP contribution is 2.37. The van der Waals surface area contributed by atoms with Crippen LogP contribution >= 0.6 is 11.6 Å². The molecule has 0 saturated carbocycles. The summed E-state index contributed by atoms with van der Waals surface area (Å²) < 4.78 is 9.33. The number of aromatic nitrogens is 4. The first kappa shape index (κ1) is 21.3. The SMILES string of the molecule is COc1ccc(C)c(-n2c(N)c(C(=O)N3CCn4nc(C)cc4C3)c3cc(Cl)cnc32)c1C. The van der Waals surface area contributed by atoms with Gasteiger partial charge in [0.1, 0.15) is 17.2 Å². The van der Waals surface area contributed by atoms with Crippen LogP contribution in [0.3, 0.4) is 0 Å². The standard InChI is InChI=1S/C24H25ClN6O2/c1-13-5-6-19(33-4)15(3)21(13)31-22(26)20(18-10-16(25)11-27-23(18)31)24(32)29-7-8-30-17(12-29)9-14(2)28-30/h5-6,9-11H,7-8,12,26H2,1-4H3. The Labute approximate surface area is 196 Å². The summed E-state index contributed by atoms with van der Waals surface area (Å²) in [7, 11) is 1.63. The van der Waals surface area contributed by atoms with Gasteiger partial charge < -0.3 is 15.4 Å². The third-order valence-corrected chi connectivity index (χ3v) is 6.47. The van der Waals surface area contributed by atoms with E-state index in [4.69, 9.17) is 22.1 Å². The zero-order chi connectivity index (χ0) is 23.4. The van der Waals surface area contributed by atoms with Gasteiger partial charge in [-0.2, -0.15) is 5.10 Å². The number of aryl methyl sites for hydroxylation is 2. The van der Waals surface area contributed by atoms with Gasteiger partial charge in [-0.1, -0.05) is 17.7 Å². The zero-order valence-corrected chi connectivity index (χ0v) is 19.8. The topological polar surface area (TPSA) is 91.2 Å². The number of ether oxygens (including phenoxy) is 1. The molecule has 1 amide bonds. The predicted molar refractivity (Wildman–Crippen MR) is 128 cm³/mol. The van der Waals surface area contributed by atoms with Gasteiger partial charge in [-0.05, 0) is 44.5 Å². The van der Waals surface area contributed by atoms with Gasteiger partial charge in [-0.25, -0.2) is 4.98 Å². The van der Waals surface area contributed by atoms with Crippen molar-refractivity contribution in [1.29, 1.82) is 0 Å². The van der Waals surface area contributed by atoms with Gasteiger partial charge in [0.2, 0.25) is 0 Å². The number of nitrogen functional groups attached to an aromatic ring is 1. The Morgan fingerprint density at radius 3 is 2.73 bits per heavy atom. The average Bonchev–Trinajstić information content (AvgIpc) is 3.29. The predicted octanol–water partition coefficient (Wildman–Crippen LogP) is 4.05. The quantitative estimate of drug-likeness (QED) is 0.494. The Bertz CT molecular complexity index is 1420. The maximum atomic E-state index is 13.8. The minimum atomic E-state index is -0.149. The second-order valence-corrected chi connectivity index (χ2v) is 8.84. The summed E-state index contributed by atoms with van der Waals surface area (Å²) in [6.45, 7) is 7.58. The second kappa shape index (κ2) is 7.81. The molecule has 8 nitrogen and oxygen atoms in total. The molecule has 0 atom stereocenters. The van der Waals surface area contributed by atoms with E-state index in [0.717, 1.165) is 34.0 Å². The van der Waals surface area contributed by atoms with Crippen LogP contribution in [0.2, 0.25) is 5.02 Å². The number of fused-ring (bicyclic) bond motifs is 2. The van der Waals surface area contributed by atoms with E-state index in [1.807, 2.05) is 48.2 Å². The number of methoxy groups -OCH3 is 1. The third-order valence-electron chi connectivity index (χ3n) is 6.26. The maximum absolute atomic E-state index is 13.8. The van der Waals surface area contributed by atoms with Crippen LogP contribution in [0.4, 0.5) is 5.82 Å². The Hall–Kier alpha value is -3.52. The number of nitrogens with zero attached hydrogens (tertiary/aromatic N) is 5. The van der Waals surface area contributed by atoms with Crippen LogP contribution in [-0.4, -0.2) is 43.8 Å². The molecular weight excluding hydrogens is 440 g/mol. The molecule has 9 heteroatoms. The number of nitrogens with two attached hydrogens (primary N) is 1. The van der Waals surface area contributed by atoms with Gasteiger partial charge in [-0.3, -0.25) is 14.0 Å². The van der Waals surface area contributed by atoms with E-state index in [0.29, 0.717) is 47.1 Å². The van der Waals surface area contributed by atoms with Crippen molar-refractivity contribution in [3.05, 3.63) is 63.6 Å². The molecule has 1 aromatic carbocycles. The highest BCUT2D eigenvalue weighted by Gasteiger charge is 2.30. The largest absolute Gasteiger partial charge is 0.496 e. The Morgan fingerprint density at radius 2 is 1.97 bits per heavy atom. The molecule has 4 heterocycles. The molecule has 0 unspecified atom stereocenters. The van der Waals surface area contributed by atoms with E-state index in [1.54, 1.807) is 24.3 Å². The molecule has 0 radical (unpaired) electrons. The molecule has 0 fully saturated rings. The highest BCUT2D eigenvalue weighted by molar-refractivity contribution is 6.31. The normalized spacial score (nSPS) is 13.4. The summed E-state index contributed by atoms with van der Waals surface area (Å²) in [6.07, 6.45) is 1.57. The van der Waals surface area contributed by atoms with Crippen LogP contribution in [0.15, 0.2) is 30.5 Å². The molecule has 33 heavy (non-hydrogen) atoms. The summed E-state index contributed by atoms with van der Waals surface area (Å²) in [4.78, 5) is 20.2. The number of halogens is 1. The van der Waals surface area contributed by atoms with Crippen molar-refractivity contribution in [2.75, 3.05) is 19.4 Å². The van der Waals surface area contributed by atoms with Gasteiger partial charge in [-0.15, -0.1) is 0 Å². The van der Waals surface area contributed by atoms with Crippen molar-refractivity contribution in [2.45, 2.75) is 33.9 Å². The third kappa shape index (κ3) is 3.33. The van der Waals surface area contributed by atoms with Crippen molar-refractivity contribution < 1.29 is 9.53 Å². The summed E-state index contributed by atoms with van der Waals surface area (Å²) in [6, 6.07) is 7.66. The monoisotopic (exact) mass is 464 g/mol. The number of carbonyl (C=O) groups excluding carboxylic acids is 1. The molecular formula is C24H25ClN6O2. The first-order chi connectivity index (χ1) is 15.8. The van der Waals surface area contributed by atoms with Crippen molar-refractivity contribution in [2.24, 2.45) is 0 Å². The Morgan fingerprint density at radius 1 is 1.18 bits per heavy atom. The lowest BCUT2D eigenvalue weighted by atomic mass is 10.1. The van der Waals surface area contributed by atoms with Gasteiger partial charge in [0.15, 0.2) is 0 Å². The van der Waals surface area contributed by atoms with Crippen molar-refractivity contribution in [3.63, 3.8) is 0 Å². The summed E-state index contributed by atoms with van der Waals surface area (Å²) in [5.74, 6) is 0.918. The average molecular weight is 465 g/mol. The molecule has 4 aromatic rings. The minimum Gasteiger partial charge on any atom is -0.496 e. The minimum absolute atomic E-state index is 0.149. The lowest BCUT2D eigenvalue weighted by Gasteiger charge is -2.27.